The van der Waals surface area contributed by atoms with Crippen molar-refractivity contribution < 1.29 is 26.6 Å². The number of pyridine rings is 2. The predicted octanol–water partition coefficient (Wildman–Crippen LogP) is 1.91. The third-order valence-electron chi connectivity index (χ3n) is 3.11. The molecule has 1 aromatic carbocycles. The zero-order valence-electron chi connectivity index (χ0n) is 13.0. The lowest BCUT2D eigenvalue weighted by molar-refractivity contribution is -0.675. The van der Waals surface area contributed by atoms with Crippen molar-refractivity contribution in [1.82, 2.24) is 4.98 Å². The summed E-state index contributed by atoms with van der Waals surface area (Å²) in [5, 5.41) is 2.27. The fraction of sp³-hybridized carbons (Fsp3) is 0. The van der Waals surface area contributed by atoms with E-state index < -0.39 is 6.09 Å². The van der Waals surface area contributed by atoms with E-state index in [-0.39, 0.29) is 12.4 Å². The van der Waals surface area contributed by atoms with Crippen LogP contribution in [0.25, 0.3) is 0 Å². The van der Waals surface area contributed by atoms with Crippen LogP contribution in [0.15, 0.2) is 71.6 Å². The van der Waals surface area contributed by atoms with Gasteiger partial charge in [-0.3, -0.25) is 0 Å². The smallest absolute Gasteiger partial charge is 0.475 e. The Morgan fingerprint density at radius 3 is 2.35 bits per heavy atom. The molecule has 134 valence electrons. The van der Waals surface area contributed by atoms with Gasteiger partial charge in [-0.1, -0.05) is 33.9 Å². The van der Waals surface area contributed by atoms with Gasteiger partial charge in [-0.05, 0) is 51.3 Å². The fourth-order valence-corrected chi connectivity index (χ4v) is 2.96. The summed E-state index contributed by atoms with van der Waals surface area (Å²) in [5.74, 6) is 0.695. The lowest BCUT2D eigenvalue weighted by atomic mass is 10.3. The number of amides is 1. The van der Waals surface area contributed by atoms with Crippen molar-refractivity contribution in [2.75, 3.05) is 5.01 Å². The van der Waals surface area contributed by atoms with Gasteiger partial charge in [-0.15, -0.1) is 0 Å². The molecule has 0 radical (unpaired) electrons. The van der Waals surface area contributed by atoms with Crippen LogP contribution in [0.1, 0.15) is 0 Å². The van der Waals surface area contributed by atoms with Crippen molar-refractivity contribution >= 4 is 51.0 Å². The van der Waals surface area contributed by atoms with Gasteiger partial charge in [0.25, 0.3) is 0 Å². The van der Waals surface area contributed by atoms with E-state index in [2.05, 4.69) is 20.9 Å². The van der Waals surface area contributed by atoms with Crippen LogP contribution in [-0.4, -0.2) is 11.1 Å². The van der Waals surface area contributed by atoms with Crippen LogP contribution in [0.4, 0.5) is 10.6 Å². The summed E-state index contributed by atoms with van der Waals surface area (Å²) in [6, 6.07) is 13.6. The molecule has 3 aromatic rings. The van der Waals surface area contributed by atoms with Crippen LogP contribution in [0.2, 0.25) is 10.0 Å². The summed E-state index contributed by atoms with van der Waals surface area (Å²) in [6.45, 7) is 0. The molecule has 0 aliphatic heterocycles. The van der Waals surface area contributed by atoms with Crippen LogP contribution in [0.3, 0.4) is 0 Å². The highest BCUT2D eigenvalue weighted by atomic mass is 79.9. The van der Waals surface area contributed by atoms with E-state index in [0.29, 0.717) is 26.1 Å². The number of carbonyl (C=O) groups excluding carboxylic acids is 1. The first kappa shape index (κ1) is 20.5. The summed E-state index contributed by atoms with van der Waals surface area (Å²) in [4.78, 5) is 17.0. The van der Waals surface area contributed by atoms with E-state index in [1.165, 1.54) is 11.2 Å². The minimum Gasteiger partial charge on any atom is -1.00 e. The van der Waals surface area contributed by atoms with Gasteiger partial charge in [-0.2, -0.15) is 0 Å². The number of ether oxygens (including phenoxy) is 1. The number of benzene rings is 1. The van der Waals surface area contributed by atoms with Gasteiger partial charge >= 0.3 is 6.09 Å². The van der Waals surface area contributed by atoms with Gasteiger partial charge in [0.15, 0.2) is 0 Å². The van der Waals surface area contributed by atoms with Crippen molar-refractivity contribution in [2.45, 2.75) is 0 Å². The van der Waals surface area contributed by atoms with Crippen LogP contribution < -0.4 is 26.8 Å². The summed E-state index contributed by atoms with van der Waals surface area (Å²) >= 11 is 15.2. The maximum atomic E-state index is 12.8. The molecule has 0 saturated carbocycles. The molecule has 0 bridgehead atoms. The Labute approximate surface area is 174 Å². The Morgan fingerprint density at radius 1 is 1.08 bits per heavy atom. The van der Waals surface area contributed by atoms with Crippen LogP contribution in [-0.2, 0) is 0 Å². The predicted molar refractivity (Wildman–Crippen MR) is 98.9 cm³/mol. The molecule has 0 unspecified atom stereocenters. The molecular formula is C17H11BrCl3N3O2. The van der Waals surface area contributed by atoms with Gasteiger partial charge in [0.05, 0.1) is 9.50 Å². The first-order valence-corrected chi connectivity index (χ1v) is 8.64. The zero-order chi connectivity index (χ0) is 17.8. The number of hydrogen-bond acceptors (Lipinski definition) is 3. The first-order valence-electron chi connectivity index (χ1n) is 7.10. The molecule has 0 aliphatic carbocycles. The second-order valence-corrected chi connectivity index (χ2v) is 6.58. The SMILES string of the molecule is O=C(Oc1ccc(Cl)cc1)N(c1ncc(Cl)cc1Br)[n+]1ccccc1.[Cl-]. The van der Waals surface area contributed by atoms with Crippen molar-refractivity contribution in [3.8, 4) is 5.75 Å². The zero-order valence-corrected chi connectivity index (χ0v) is 16.9. The normalized spacial score (nSPS) is 9.96. The second kappa shape index (κ2) is 9.19. The fourth-order valence-electron chi connectivity index (χ4n) is 2.02. The first-order chi connectivity index (χ1) is 12.0. The molecular weight excluding hydrogens is 464 g/mol. The average Bonchev–Trinajstić information content (AvgIpc) is 2.60. The number of rotatable bonds is 3. The van der Waals surface area contributed by atoms with Gasteiger partial charge < -0.3 is 17.1 Å². The van der Waals surface area contributed by atoms with Crippen LogP contribution in [0, 0.1) is 0 Å². The number of aromatic nitrogens is 2. The Balaban J connectivity index is 0.00000243. The van der Waals surface area contributed by atoms with Gasteiger partial charge in [0.2, 0.25) is 18.2 Å². The lowest BCUT2D eigenvalue weighted by Crippen LogP contribution is -3.00. The van der Waals surface area contributed by atoms with Crippen molar-refractivity contribution in [3.05, 3.63) is 81.6 Å². The summed E-state index contributed by atoms with van der Waals surface area (Å²) in [6.07, 6.45) is 4.21. The molecule has 5 nitrogen and oxygen atoms in total. The van der Waals surface area contributed by atoms with Crippen LogP contribution in [0.5, 0.6) is 5.75 Å². The average molecular weight is 476 g/mol. The summed E-state index contributed by atoms with van der Waals surface area (Å²) in [7, 11) is 0. The van der Waals surface area contributed by atoms with Gasteiger partial charge in [0, 0.05) is 23.4 Å². The molecule has 2 aromatic heterocycles. The molecule has 3 rings (SSSR count). The van der Waals surface area contributed by atoms with Crippen molar-refractivity contribution in [1.29, 1.82) is 0 Å². The molecule has 0 atom stereocenters. The lowest BCUT2D eigenvalue weighted by Gasteiger charge is -2.15. The highest BCUT2D eigenvalue weighted by Gasteiger charge is 2.30. The van der Waals surface area contributed by atoms with Crippen molar-refractivity contribution in [2.24, 2.45) is 0 Å². The maximum Gasteiger partial charge on any atom is 0.475 e. The van der Waals surface area contributed by atoms with Gasteiger partial charge in [-0.25, -0.2) is 9.78 Å². The standard InChI is InChI=1S/C17H11BrCl2N3O2.ClH/c18-15-10-13(20)11-21-16(15)23(22-8-2-1-3-9-22)17(24)25-14-6-4-12(19)5-7-14;/h1-11H;1H/q+1;/p-1. The van der Waals surface area contributed by atoms with E-state index in [9.17, 15) is 4.79 Å². The van der Waals surface area contributed by atoms with Crippen LogP contribution >= 0.6 is 39.1 Å². The van der Waals surface area contributed by atoms with E-state index in [1.807, 2.05) is 6.07 Å². The molecule has 9 heteroatoms. The van der Waals surface area contributed by atoms with E-state index in [1.54, 1.807) is 59.5 Å². The number of carbonyl (C=O) groups is 1. The minimum absolute atomic E-state index is 0. The molecule has 26 heavy (non-hydrogen) atoms. The largest absolute Gasteiger partial charge is 1.00 e. The molecule has 0 aliphatic rings. The van der Waals surface area contributed by atoms with E-state index in [0.717, 1.165) is 0 Å². The molecule has 1 amide bonds. The Kier molecular flexibility index (Phi) is 7.23. The summed E-state index contributed by atoms with van der Waals surface area (Å²) in [5.41, 5.74) is 0. The summed E-state index contributed by atoms with van der Waals surface area (Å²) < 4.78 is 7.54. The molecule has 0 N–H and O–H groups in total. The van der Waals surface area contributed by atoms with Gasteiger partial charge in [0.1, 0.15) is 5.75 Å². The quantitative estimate of drug-likeness (QED) is 0.544. The third kappa shape index (κ3) is 4.86. The molecule has 0 fully saturated rings. The van der Waals surface area contributed by atoms with Crippen molar-refractivity contribution in [3.63, 3.8) is 0 Å². The number of nitrogens with zero attached hydrogens (tertiary/aromatic N) is 3. The van der Waals surface area contributed by atoms with E-state index >= 15 is 0 Å². The highest BCUT2D eigenvalue weighted by molar-refractivity contribution is 9.10. The minimum atomic E-state index is -0.644. The molecule has 0 spiro atoms. The number of halogens is 4. The molecule has 2 heterocycles. The number of hydrogen-bond donors (Lipinski definition) is 0. The third-order valence-corrected chi connectivity index (χ3v) is 4.15. The van der Waals surface area contributed by atoms with E-state index in [4.69, 9.17) is 27.9 Å². The Hall–Kier alpha value is -1.86. The highest BCUT2D eigenvalue weighted by Crippen LogP contribution is 2.26. The Morgan fingerprint density at radius 2 is 1.73 bits per heavy atom. The topological polar surface area (TPSA) is 46.3 Å². The Bertz CT molecular complexity index is 896. The number of anilines is 1. The monoisotopic (exact) mass is 473 g/mol. The maximum absolute atomic E-state index is 12.8. The second-order valence-electron chi connectivity index (χ2n) is 4.85. The molecule has 0 saturated heterocycles.